The number of aryl methyl sites for hydroxylation is 2. The Balaban J connectivity index is 2.32. The second-order valence-electron chi connectivity index (χ2n) is 4.07. The number of hydrogen-bond acceptors (Lipinski definition) is 2. The van der Waals surface area contributed by atoms with Gasteiger partial charge in [-0.25, -0.2) is 0 Å². The molecular weight excluding hydrogens is 202 g/mol. The summed E-state index contributed by atoms with van der Waals surface area (Å²) >= 11 is 0. The van der Waals surface area contributed by atoms with E-state index in [1.807, 2.05) is 32.0 Å². The first-order valence-corrected chi connectivity index (χ1v) is 5.18. The third kappa shape index (κ3) is 2.03. The summed E-state index contributed by atoms with van der Waals surface area (Å²) < 4.78 is 0. The van der Waals surface area contributed by atoms with Gasteiger partial charge >= 0.3 is 0 Å². The van der Waals surface area contributed by atoms with E-state index in [0.29, 0.717) is 5.57 Å². The van der Waals surface area contributed by atoms with Gasteiger partial charge in [0.1, 0.15) is 0 Å². The average molecular weight is 215 g/mol. The molecular formula is C13H13NO2. The van der Waals surface area contributed by atoms with Crippen LogP contribution in [0.15, 0.2) is 23.8 Å². The highest BCUT2D eigenvalue weighted by Crippen LogP contribution is 2.17. The molecule has 1 aromatic rings. The van der Waals surface area contributed by atoms with Crippen LogP contribution in [0.5, 0.6) is 0 Å². The quantitative estimate of drug-likeness (QED) is 0.573. The van der Waals surface area contributed by atoms with Gasteiger partial charge in [0.25, 0.3) is 5.91 Å². The van der Waals surface area contributed by atoms with Gasteiger partial charge in [-0.3, -0.25) is 14.9 Å². The van der Waals surface area contributed by atoms with Crippen LogP contribution in [-0.2, 0) is 9.59 Å². The minimum Gasteiger partial charge on any atom is -0.292 e. The van der Waals surface area contributed by atoms with E-state index in [-0.39, 0.29) is 18.2 Å². The summed E-state index contributed by atoms with van der Waals surface area (Å²) in [4.78, 5) is 22.3. The Morgan fingerprint density at radius 2 is 1.94 bits per heavy atom. The van der Waals surface area contributed by atoms with E-state index < -0.39 is 0 Å². The van der Waals surface area contributed by atoms with Gasteiger partial charge in [-0.1, -0.05) is 18.2 Å². The maximum Gasteiger partial charge on any atom is 0.254 e. The van der Waals surface area contributed by atoms with Crippen LogP contribution in [0, 0.1) is 13.8 Å². The number of carbonyl (C=O) groups is 2. The number of rotatable bonds is 1. The van der Waals surface area contributed by atoms with E-state index in [4.69, 9.17) is 0 Å². The maximum absolute atomic E-state index is 11.3. The van der Waals surface area contributed by atoms with E-state index >= 15 is 0 Å². The van der Waals surface area contributed by atoms with E-state index in [9.17, 15) is 9.59 Å². The molecule has 0 bridgehead atoms. The van der Waals surface area contributed by atoms with Crippen LogP contribution in [-0.4, -0.2) is 11.8 Å². The zero-order chi connectivity index (χ0) is 11.7. The van der Waals surface area contributed by atoms with Gasteiger partial charge < -0.3 is 0 Å². The van der Waals surface area contributed by atoms with Crippen molar-refractivity contribution in [3.8, 4) is 0 Å². The fourth-order valence-corrected chi connectivity index (χ4v) is 1.68. The molecule has 0 atom stereocenters. The van der Waals surface area contributed by atoms with Crippen LogP contribution >= 0.6 is 0 Å². The largest absolute Gasteiger partial charge is 0.292 e. The molecule has 0 aliphatic carbocycles. The molecule has 0 saturated carbocycles. The molecule has 1 N–H and O–H groups in total. The van der Waals surface area contributed by atoms with Gasteiger partial charge in [-0.05, 0) is 36.6 Å². The first kappa shape index (κ1) is 10.6. The van der Waals surface area contributed by atoms with E-state index in [0.717, 1.165) is 5.56 Å². The topological polar surface area (TPSA) is 46.2 Å². The fourth-order valence-electron chi connectivity index (χ4n) is 1.68. The van der Waals surface area contributed by atoms with E-state index in [2.05, 4.69) is 5.32 Å². The van der Waals surface area contributed by atoms with Crippen LogP contribution in [0.25, 0.3) is 6.08 Å². The fraction of sp³-hybridized carbons (Fsp3) is 0.231. The molecule has 1 heterocycles. The first-order chi connectivity index (χ1) is 7.56. The summed E-state index contributed by atoms with van der Waals surface area (Å²) in [5.41, 5.74) is 3.89. The van der Waals surface area contributed by atoms with Gasteiger partial charge in [0.2, 0.25) is 5.91 Å². The molecule has 16 heavy (non-hydrogen) atoms. The van der Waals surface area contributed by atoms with Gasteiger partial charge in [-0.15, -0.1) is 0 Å². The van der Waals surface area contributed by atoms with Crippen LogP contribution in [0.2, 0.25) is 0 Å². The molecule has 1 aliphatic heterocycles. The molecule has 1 saturated heterocycles. The van der Waals surface area contributed by atoms with E-state index in [1.54, 1.807) is 6.08 Å². The average Bonchev–Trinajstić information content (AvgIpc) is 2.51. The molecule has 0 spiro atoms. The Bertz CT molecular complexity index is 501. The molecule has 3 heteroatoms. The van der Waals surface area contributed by atoms with Crippen molar-refractivity contribution in [1.82, 2.24) is 5.32 Å². The van der Waals surface area contributed by atoms with Crippen molar-refractivity contribution < 1.29 is 9.59 Å². The third-order valence-corrected chi connectivity index (χ3v) is 2.77. The highest BCUT2D eigenvalue weighted by atomic mass is 16.2. The predicted octanol–water partition coefficient (Wildman–Crippen LogP) is 1.73. The standard InChI is InChI=1S/C13H13NO2/c1-8-3-4-10(5-9(8)2)6-11-7-12(15)14-13(11)16/h3-6H,7H2,1-2H3,(H,14,15,16). The summed E-state index contributed by atoms with van der Waals surface area (Å²) in [6.07, 6.45) is 1.96. The van der Waals surface area contributed by atoms with Crippen molar-refractivity contribution in [1.29, 1.82) is 0 Å². The molecule has 0 unspecified atom stereocenters. The second kappa shape index (κ2) is 3.93. The molecule has 1 aliphatic rings. The Kier molecular flexibility index (Phi) is 2.60. The van der Waals surface area contributed by atoms with Crippen molar-refractivity contribution in [3.05, 3.63) is 40.5 Å². The lowest BCUT2D eigenvalue weighted by Gasteiger charge is -2.01. The smallest absolute Gasteiger partial charge is 0.254 e. The number of amides is 2. The number of hydrogen-bond donors (Lipinski definition) is 1. The predicted molar refractivity (Wildman–Crippen MR) is 61.7 cm³/mol. The summed E-state index contributed by atoms with van der Waals surface area (Å²) in [6, 6.07) is 5.97. The summed E-state index contributed by atoms with van der Waals surface area (Å²) in [5.74, 6) is -0.497. The van der Waals surface area contributed by atoms with Crippen LogP contribution in [0.4, 0.5) is 0 Å². The van der Waals surface area contributed by atoms with Crippen molar-refractivity contribution in [2.24, 2.45) is 0 Å². The lowest BCUT2D eigenvalue weighted by Crippen LogP contribution is -2.19. The number of imide groups is 1. The minimum atomic E-state index is -0.275. The van der Waals surface area contributed by atoms with Crippen LogP contribution < -0.4 is 5.32 Å². The normalized spacial score (nSPS) is 18.0. The lowest BCUT2D eigenvalue weighted by atomic mass is 10.0. The minimum absolute atomic E-state index is 0.186. The second-order valence-corrected chi connectivity index (χ2v) is 4.07. The van der Waals surface area contributed by atoms with Gasteiger partial charge in [0.05, 0.1) is 6.42 Å². The Hall–Kier alpha value is -1.90. The van der Waals surface area contributed by atoms with Crippen LogP contribution in [0.3, 0.4) is 0 Å². The Morgan fingerprint density at radius 3 is 2.50 bits per heavy atom. The Morgan fingerprint density at radius 1 is 1.19 bits per heavy atom. The van der Waals surface area contributed by atoms with Gasteiger partial charge in [0.15, 0.2) is 0 Å². The van der Waals surface area contributed by atoms with Crippen molar-refractivity contribution in [3.63, 3.8) is 0 Å². The highest BCUT2D eigenvalue weighted by molar-refractivity contribution is 6.15. The third-order valence-electron chi connectivity index (χ3n) is 2.77. The monoisotopic (exact) mass is 215 g/mol. The number of nitrogens with one attached hydrogen (secondary N) is 1. The number of carbonyl (C=O) groups excluding carboxylic acids is 2. The molecule has 1 aromatic carbocycles. The SMILES string of the molecule is Cc1ccc(C=C2CC(=O)NC2=O)cc1C. The molecule has 82 valence electrons. The Labute approximate surface area is 94.2 Å². The maximum atomic E-state index is 11.3. The molecule has 1 fully saturated rings. The molecule has 0 aromatic heterocycles. The highest BCUT2D eigenvalue weighted by Gasteiger charge is 2.23. The molecule has 2 amide bonds. The summed E-state index contributed by atoms with van der Waals surface area (Å²) in [7, 11) is 0. The van der Waals surface area contributed by atoms with Gasteiger partial charge in [0, 0.05) is 5.57 Å². The summed E-state index contributed by atoms with van der Waals surface area (Å²) in [6.45, 7) is 4.06. The first-order valence-electron chi connectivity index (χ1n) is 5.18. The zero-order valence-corrected chi connectivity index (χ0v) is 9.33. The zero-order valence-electron chi connectivity index (χ0n) is 9.33. The summed E-state index contributed by atoms with van der Waals surface area (Å²) in [5, 5.41) is 2.27. The van der Waals surface area contributed by atoms with E-state index in [1.165, 1.54) is 11.1 Å². The van der Waals surface area contributed by atoms with Crippen molar-refractivity contribution in [2.45, 2.75) is 20.3 Å². The van der Waals surface area contributed by atoms with Crippen molar-refractivity contribution >= 4 is 17.9 Å². The number of benzene rings is 1. The molecule has 3 nitrogen and oxygen atoms in total. The lowest BCUT2D eigenvalue weighted by molar-refractivity contribution is -0.124. The van der Waals surface area contributed by atoms with Crippen molar-refractivity contribution in [2.75, 3.05) is 0 Å². The van der Waals surface area contributed by atoms with Crippen LogP contribution in [0.1, 0.15) is 23.1 Å². The van der Waals surface area contributed by atoms with Gasteiger partial charge in [-0.2, -0.15) is 0 Å². The molecule has 2 rings (SSSR count). The molecule has 0 radical (unpaired) electrons.